The summed E-state index contributed by atoms with van der Waals surface area (Å²) in [6.45, 7) is -0.632. The van der Waals surface area contributed by atoms with Crippen molar-refractivity contribution in [3.8, 4) is 0 Å². The second kappa shape index (κ2) is 9.11. The molecule has 0 aromatic heterocycles. The number of nitrogens with zero attached hydrogens (tertiary/aromatic N) is 2. The Morgan fingerprint density at radius 1 is 1.22 bits per heavy atom. The number of ether oxygens (including phenoxy) is 1. The smallest absolute Gasteiger partial charge is 0.341 e. The number of carbonyl (C=O) groups is 3. The molecule has 27 heavy (non-hydrogen) atoms. The van der Waals surface area contributed by atoms with Gasteiger partial charge in [-0.3, -0.25) is 25.0 Å². The van der Waals surface area contributed by atoms with Crippen molar-refractivity contribution in [1.82, 2.24) is 5.32 Å². The molecule has 1 aliphatic carbocycles. The third kappa shape index (κ3) is 5.50. The Labute approximate surface area is 156 Å². The molecule has 2 rings (SSSR count). The van der Waals surface area contributed by atoms with Crippen LogP contribution >= 0.6 is 0 Å². The van der Waals surface area contributed by atoms with Crippen molar-refractivity contribution in [1.29, 1.82) is 0 Å². The van der Waals surface area contributed by atoms with Gasteiger partial charge in [0.1, 0.15) is 0 Å². The van der Waals surface area contributed by atoms with Gasteiger partial charge in [0, 0.05) is 32.1 Å². The minimum Gasteiger partial charge on any atom is -0.452 e. The molecule has 0 saturated heterocycles. The van der Waals surface area contributed by atoms with Crippen LogP contribution in [0.1, 0.15) is 42.5 Å². The standard InChI is InChI=1S/C18H23N3O6/c1-20(2)15-9-8-13(21(25)26)10-14(15)18(24)27-11-16(22)19-17(23)12-6-4-3-5-7-12/h8-10,12H,3-7,11H2,1-2H3,(H,19,22,23). The molecular formula is C18H23N3O6. The first-order valence-electron chi connectivity index (χ1n) is 8.76. The number of nitro benzene ring substituents is 1. The molecule has 0 radical (unpaired) electrons. The van der Waals surface area contributed by atoms with Crippen LogP contribution in [0.25, 0.3) is 0 Å². The van der Waals surface area contributed by atoms with Gasteiger partial charge in [-0.25, -0.2) is 4.79 Å². The van der Waals surface area contributed by atoms with Crippen molar-refractivity contribution < 1.29 is 24.0 Å². The van der Waals surface area contributed by atoms with E-state index < -0.39 is 23.4 Å². The average Bonchev–Trinajstić information content (AvgIpc) is 2.66. The first kappa shape index (κ1) is 20.3. The highest BCUT2D eigenvalue weighted by molar-refractivity contribution is 6.00. The van der Waals surface area contributed by atoms with Gasteiger partial charge < -0.3 is 9.64 Å². The van der Waals surface area contributed by atoms with E-state index in [1.807, 2.05) is 0 Å². The summed E-state index contributed by atoms with van der Waals surface area (Å²) in [6, 6.07) is 3.81. The fourth-order valence-corrected chi connectivity index (χ4v) is 3.04. The van der Waals surface area contributed by atoms with Gasteiger partial charge >= 0.3 is 5.97 Å². The van der Waals surface area contributed by atoms with E-state index in [-0.39, 0.29) is 23.1 Å². The van der Waals surface area contributed by atoms with Crippen molar-refractivity contribution in [2.45, 2.75) is 32.1 Å². The summed E-state index contributed by atoms with van der Waals surface area (Å²) < 4.78 is 4.95. The van der Waals surface area contributed by atoms with E-state index in [1.165, 1.54) is 12.1 Å². The molecule has 1 fully saturated rings. The van der Waals surface area contributed by atoms with Gasteiger partial charge in [0.15, 0.2) is 6.61 Å². The number of hydrogen-bond donors (Lipinski definition) is 1. The van der Waals surface area contributed by atoms with Gasteiger partial charge in [-0.2, -0.15) is 0 Å². The van der Waals surface area contributed by atoms with Crippen molar-refractivity contribution in [3.63, 3.8) is 0 Å². The summed E-state index contributed by atoms with van der Waals surface area (Å²) >= 11 is 0. The fourth-order valence-electron chi connectivity index (χ4n) is 3.04. The number of carbonyl (C=O) groups excluding carboxylic acids is 3. The largest absolute Gasteiger partial charge is 0.452 e. The molecule has 0 aliphatic heterocycles. The molecule has 0 spiro atoms. The highest BCUT2D eigenvalue weighted by Crippen LogP contribution is 2.25. The van der Waals surface area contributed by atoms with E-state index in [2.05, 4.69) is 5.32 Å². The summed E-state index contributed by atoms with van der Waals surface area (Å²) in [5, 5.41) is 13.2. The summed E-state index contributed by atoms with van der Waals surface area (Å²) in [5.74, 6) is -2.12. The Kier molecular flexibility index (Phi) is 6.86. The summed E-state index contributed by atoms with van der Waals surface area (Å²) in [4.78, 5) is 48.1. The lowest BCUT2D eigenvalue weighted by Gasteiger charge is -2.20. The van der Waals surface area contributed by atoms with Gasteiger partial charge in [-0.05, 0) is 18.9 Å². The normalized spacial score (nSPS) is 14.3. The number of anilines is 1. The number of nitro groups is 1. The van der Waals surface area contributed by atoms with Crippen molar-refractivity contribution in [2.24, 2.45) is 5.92 Å². The van der Waals surface area contributed by atoms with Crippen LogP contribution < -0.4 is 10.2 Å². The maximum absolute atomic E-state index is 12.3. The van der Waals surface area contributed by atoms with Crippen molar-refractivity contribution in [3.05, 3.63) is 33.9 Å². The fraction of sp³-hybridized carbons (Fsp3) is 0.500. The van der Waals surface area contributed by atoms with Crippen LogP contribution in [0.3, 0.4) is 0 Å². The van der Waals surface area contributed by atoms with Crippen LogP contribution in [0.2, 0.25) is 0 Å². The van der Waals surface area contributed by atoms with Gasteiger partial charge in [0.05, 0.1) is 16.2 Å². The van der Waals surface area contributed by atoms with Gasteiger partial charge in [-0.15, -0.1) is 0 Å². The Bertz CT molecular complexity index is 741. The van der Waals surface area contributed by atoms with E-state index in [4.69, 9.17) is 4.74 Å². The molecule has 1 aromatic carbocycles. The highest BCUT2D eigenvalue weighted by Gasteiger charge is 2.24. The predicted molar refractivity (Wildman–Crippen MR) is 97.4 cm³/mol. The maximum Gasteiger partial charge on any atom is 0.341 e. The third-order valence-corrected chi connectivity index (χ3v) is 4.47. The number of nitrogens with one attached hydrogen (secondary N) is 1. The molecule has 0 unspecified atom stereocenters. The minimum atomic E-state index is -0.873. The number of non-ortho nitro benzene ring substituents is 1. The average molecular weight is 377 g/mol. The Morgan fingerprint density at radius 3 is 2.48 bits per heavy atom. The highest BCUT2D eigenvalue weighted by atomic mass is 16.6. The molecule has 1 aliphatic rings. The molecule has 1 saturated carbocycles. The van der Waals surface area contributed by atoms with Crippen molar-refractivity contribution >= 4 is 29.2 Å². The van der Waals surface area contributed by atoms with Crippen LogP contribution in [0.15, 0.2) is 18.2 Å². The zero-order valence-corrected chi connectivity index (χ0v) is 15.4. The lowest BCUT2D eigenvalue weighted by molar-refractivity contribution is -0.384. The summed E-state index contributed by atoms with van der Waals surface area (Å²) in [7, 11) is 3.35. The van der Waals surface area contributed by atoms with E-state index >= 15 is 0 Å². The predicted octanol–water partition coefficient (Wildman–Crippen LogP) is 2.04. The van der Waals surface area contributed by atoms with Gasteiger partial charge in [-0.1, -0.05) is 19.3 Å². The summed E-state index contributed by atoms with van der Waals surface area (Å²) in [6.07, 6.45) is 4.51. The number of imide groups is 1. The molecular weight excluding hydrogens is 354 g/mol. The minimum absolute atomic E-state index is 0.0272. The molecule has 0 atom stereocenters. The van der Waals surface area contributed by atoms with Crippen LogP contribution in [0.4, 0.5) is 11.4 Å². The van der Waals surface area contributed by atoms with Crippen LogP contribution in [-0.2, 0) is 14.3 Å². The van der Waals surface area contributed by atoms with E-state index in [0.717, 1.165) is 38.2 Å². The SMILES string of the molecule is CN(C)c1ccc([N+](=O)[O-])cc1C(=O)OCC(=O)NC(=O)C1CCCCC1. The van der Waals surface area contributed by atoms with E-state index in [0.29, 0.717) is 5.69 Å². The summed E-state index contributed by atoms with van der Waals surface area (Å²) in [5.41, 5.74) is 0.134. The Hall–Kier alpha value is -2.97. The van der Waals surface area contributed by atoms with Gasteiger partial charge in [0.25, 0.3) is 11.6 Å². The second-order valence-corrected chi connectivity index (χ2v) is 6.68. The lowest BCUT2D eigenvalue weighted by atomic mass is 9.89. The van der Waals surface area contributed by atoms with Gasteiger partial charge in [0.2, 0.25) is 5.91 Å². The third-order valence-electron chi connectivity index (χ3n) is 4.47. The molecule has 1 N–H and O–H groups in total. The van der Waals surface area contributed by atoms with E-state index in [1.54, 1.807) is 19.0 Å². The maximum atomic E-state index is 12.3. The topological polar surface area (TPSA) is 119 Å². The second-order valence-electron chi connectivity index (χ2n) is 6.68. The van der Waals surface area contributed by atoms with Crippen LogP contribution in [0.5, 0.6) is 0 Å². The molecule has 1 aromatic rings. The first-order chi connectivity index (χ1) is 12.8. The lowest BCUT2D eigenvalue weighted by Crippen LogP contribution is -2.39. The zero-order valence-electron chi connectivity index (χ0n) is 15.4. The number of benzene rings is 1. The van der Waals surface area contributed by atoms with Crippen molar-refractivity contribution in [2.75, 3.05) is 25.6 Å². The molecule has 9 nitrogen and oxygen atoms in total. The molecule has 0 bridgehead atoms. The van der Waals surface area contributed by atoms with E-state index in [9.17, 15) is 24.5 Å². The quantitative estimate of drug-likeness (QED) is 0.458. The Morgan fingerprint density at radius 2 is 1.89 bits per heavy atom. The number of amides is 2. The first-order valence-corrected chi connectivity index (χ1v) is 8.76. The molecule has 2 amide bonds. The number of hydrogen-bond acceptors (Lipinski definition) is 7. The van der Waals surface area contributed by atoms with Crippen LogP contribution in [-0.4, -0.2) is 43.4 Å². The Balaban J connectivity index is 1.98. The molecule has 9 heteroatoms. The number of rotatable bonds is 6. The molecule has 146 valence electrons. The number of esters is 1. The van der Waals surface area contributed by atoms with Crippen LogP contribution in [0, 0.1) is 16.0 Å². The zero-order chi connectivity index (χ0) is 20.0. The monoisotopic (exact) mass is 377 g/mol. The molecule has 0 heterocycles.